The molecule has 0 amide bonds. The van der Waals surface area contributed by atoms with Crippen LogP contribution in [0.25, 0.3) is 10.6 Å². The standard InChI is InChI=1S/C26H26N4O3S2/c1-5-11-30-24(18(4)33-21-8-6-7-16(2)17(21)3)28-29-26(30)35-14-20-13-34-25(27-20)19-9-10-22-23(12-19)32-15-31-22/h5-10,12-13,18H,1,11,14-15H2,2-4H3. The summed E-state index contributed by atoms with van der Waals surface area (Å²) >= 11 is 3.22. The van der Waals surface area contributed by atoms with E-state index in [2.05, 4.69) is 46.6 Å². The Morgan fingerprint density at radius 2 is 2.06 bits per heavy atom. The lowest BCUT2D eigenvalue weighted by atomic mass is 10.1. The van der Waals surface area contributed by atoms with E-state index in [1.54, 1.807) is 23.1 Å². The first-order chi connectivity index (χ1) is 17.0. The molecule has 0 bridgehead atoms. The number of thioether (sulfide) groups is 1. The average Bonchev–Trinajstić information content (AvgIpc) is 3.60. The molecule has 0 spiro atoms. The second-order valence-electron chi connectivity index (χ2n) is 8.20. The molecule has 180 valence electrons. The summed E-state index contributed by atoms with van der Waals surface area (Å²) in [4.78, 5) is 4.81. The molecule has 0 saturated heterocycles. The quantitative estimate of drug-likeness (QED) is 0.193. The van der Waals surface area contributed by atoms with E-state index >= 15 is 0 Å². The van der Waals surface area contributed by atoms with Gasteiger partial charge in [-0.2, -0.15) is 0 Å². The van der Waals surface area contributed by atoms with E-state index < -0.39 is 0 Å². The zero-order valence-electron chi connectivity index (χ0n) is 19.9. The molecular formula is C26H26N4O3S2. The van der Waals surface area contributed by atoms with Crippen LogP contribution in [-0.2, 0) is 12.3 Å². The molecule has 1 unspecified atom stereocenters. The van der Waals surface area contributed by atoms with Gasteiger partial charge in [-0.3, -0.25) is 4.57 Å². The van der Waals surface area contributed by atoms with Crippen molar-refractivity contribution in [1.29, 1.82) is 0 Å². The minimum Gasteiger partial charge on any atom is -0.482 e. The molecule has 1 aliphatic rings. The SMILES string of the molecule is C=CCn1c(SCc2csc(-c3ccc4c(c3)OCO4)n2)nnc1C(C)Oc1cccc(C)c1C. The summed E-state index contributed by atoms with van der Waals surface area (Å²) in [5, 5.41) is 12.7. The van der Waals surface area contributed by atoms with E-state index in [9.17, 15) is 0 Å². The van der Waals surface area contributed by atoms with Crippen molar-refractivity contribution in [3.63, 3.8) is 0 Å². The number of benzene rings is 2. The van der Waals surface area contributed by atoms with Gasteiger partial charge in [-0.1, -0.05) is 30.0 Å². The zero-order chi connectivity index (χ0) is 24.4. The number of allylic oxidation sites excluding steroid dienone is 1. The second-order valence-corrected chi connectivity index (χ2v) is 10.00. The lowest BCUT2D eigenvalue weighted by Crippen LogP contribution is -2.12. The topological polar surface area (TPSA) is 71.3 Å². The van der Waals surface area contributed by atoms with Gasteiger partial charge in [-0.15, -0.1) is 28.1 Å². The lowest BCUT2D eigenvalue weighted by Gasteiger charge is -2.17. The van der Waals surface area contributed by atoms with E-state index in [-0.39, 0.29) is 12.9 Å². The number of rotatable bonds is 9. The van der Waals surface area contributed by atoms with Crippen LogP contribution in [0, 0.1) is 13.8 Å². The van der Waals surface area contributed by atoms with Crippen LogP contribution < -0.4 is 14.2 Å². The lowest BCUT2D eigenvalue weighted by molar-refractivity contribution is 0.174. The fraction of sp³-hybridized carbons (Fsp3) is 0.269. The molecule has 0 aliphatic carbocycles. The van der Waals surface area contributed by atoms with Gasteiger partial charge in [0.2, 0.25) is 6.79 Å². The molecule has 1 atom stereocenters. The molecule has 0 saturated carbocycles. The largest absolute Gasteiger partial charge is 0.482 e. The molecule has 9 heteroatoms. The van der Waals surface area contributed by atoms with E-state index in [1.165, 1.54) is 5.56 Å². The molecule has 5 rings (SSSR count). The molecule has 0 N–H and O–H groups in total. The van der Waals surface area contributed by atoms with Crippen molar-refractivity contribution in [2.75, 3.05) is 6.79 Å². The van der Waals surface area contributed by atoms with Gasteiger partial charge in [0.25, 0.3) is 0 Å². The molecule has 0 fully saturated rings. The second kappa shape index (κ2) is 10.1. The van der Waals surface area contributed by atoms with E-state index in [4.69, 9.17) is 19.2 Å². The van der Waals surface area contributed by atoms with Gasteiger partial charge in [-0.25, -0.2) is 4.98 Å². The summed E-state index contributed by atoms with van der Waals surface area (Å²) < 4.78 is 19.2. The van der Waals surface area contributed by atoms with Crippen LogP contribution >= 0.6 is 23.1 Å². The van der Waals surface area contributed by atoms with Crippen molar-refractivity contribution < 1.29 is 14.2 Å². The van der Waals surface area contributed by atoms with Crippen molar-refractivity contribution in [3.05, 3.63) is 77.1 Å². The highest BCUT2D eigenvalue weighted by atomic mass is 32.2. The Bertz CT molecular complexity index is 1360. The average molecular weight is 507 g/mol. The number of ether oxygens (including phenoxy) is 3. The van der Waals surface area contributed by atoms with Crippen LogP contribution in [0.1, 0.15) is 35.7 Å². The summed E-state index contributed by atoms with van der Waals surface area (Å²) in [5.41, 5.74) is 4.33. The van der Waals surface area contributed by atoms with Crippen LogP contribution in [0.15, 0.2) is 59.6 Å². The minimum absolute atomic E-state index is 0.255. The normalized spacial score (nSPS) is 13.1. The highest BCUT2D eigenvalue weighted by molar-refractivity contribution is 7.98. The van der Waals surface area contributed by atoms with E-state index in [0.717, 1.165) is 50.1 Å². The molecule has 3 heterocycles. The maximum Gasteiger partial charge on any atom is 0.231 e. The third-order valence-corrected chi connectivity index (χ3v) is 7.74. The van der Waals surface area contributed by atoms with Gasteiger partial charge in [0.05, 0.1) is 5.69 Å². The van der Waals surface area contributed by atoms with Gasteiger partial charge in [0.1, 0.15) is 10.8 Å². The highest BCUT2D eigenvalue weighted by Gasteiger charge is 2.21. The number of nitrogens with zero attached hydrogens (tertiary/aromatic N) is 4. The van der Waals surface area contributed by atoms with Gasteiger partial charge in [-0.05, 0) is 56.2 Å². The van der Waals surface area contributed by atoms with Gasteiger partial charge >= 0.3 is 0 Å². The summed E-state index contributed by atoms with van der Waals surface area (Å²) in [5.74, 6) is 3.85. The Morgan fingerprint density at radius 1 is 1.20 bits per heavy atom. The Hall–Kier alpha value is -3.30. The fourth-order valence-corrected chi connectivity index (χ4v) is 5.55. The molecule has 2 aromatic carbocycles. The first-order valence-electron chi connectivity index (χ1n) is 11.3. The van der Waals surface area contributed by atoms with Crippen molar-refractivity contribution in [1.82, 2.24) is 19.7 Å². The minimum atomic E-state index is -0.255. The Kier molecular flexibility index (Phi) is 6.79. The van der Waals surface area contributed by atoms with E-state index in [1.807, 2.05) is 43.3 Å². The van der Waals surface area contributed by atoms with Gasteiger partial charge < -0.3 is 14.2 Å². The zero-order valence-corrected chi connectivity index (χ0v) is 21.5. The number of aromatic nitrogens is 4. The molecule has 35 heavy (non-hydrogen) atoms. The highest BCUT2D eigenvalue weighted by Crippen LogP contribution is 2.37. The van der Waals surface area contributed by atoms with Crippen molar-refractivity contribution in [2.45, 2.75) is 44.3 Å². The van der Waals surface area contributed by atoms with Crippen LogP contribution in [0.2, 0.25) is 0 Å². The van der Waals surface area contributed by atoms with Crippen molar-refractivity contribution in [3.8, 4) is 27.8 Å². The van der Waals surface area contributed by atoms with Crippen LogP contribution in [0.5, 0.6) is 17.2 Å². The maximum absolute atomic E-state index is 6.26. The predicted molar refractivity (Wildman–Crippen MR) is 138 cm³/mol. The predicted octanol–water partition coefficient (Wildman–Crippen LogP) is 6.37. The van der Waals surface area contributed by atoms with Gasteiger partial charge in [0, 0.05) is 23.2 Å². The third kappa shape index (κ3) is 4.92. The number of hydrogen-bond donors (Lipinski definition) is 0. The van der Waals surface area contributed by atoms with Crippen LogP contribution in [0.3, 0.4) is 0 Å². The summed E-state index contributed by atoms with van der Waals surface area (Å²) in [7, 11) is 0. The Morgan fingerprint density at radius 3 is 2.91 bits per heavy atom. The van der Waals surface area contributed by atoms with Gasteiger partial charge in [0.15, 0.2) is 28.6 Å². The van der Waals surface area contributed by atoms with Crippen molar-refractivity contribution in [2.24, 2.45) is 0 Å². The molecule has 1 aliphatic heterocycles. The summed E-state index contributed by atoms with van der Waals surface area (Å²) in [6.07, 6.45) is 1.59. The molecule has 2 aromatic heterocycles. The molecule has 4 aromatic rings. The number of fused-ring (bicyclic) bond motifs is 1. The first-order valence-corrected chi connectivity index (χ1v) is 13.1. The summed E-state index contributed by atoms with van der Waals surface area (Å²) in [6.45, 7) is 10.9. The van der Waals surface area contributed by atoms with E-state index in [0.29, 0.717) is 12.3 Å². The number of hydrogen-bond acceptors (Lipinski definition) is 8. The molecular weight excluding hydrogens is 480 g/mol. The number of aryl methyl sites for hydroxylation is 1. The number of thiazole rings is 1. The third-order valence-electron chi connectivity index (χ3n) is 5.80. The monoisotopic (exact) mass is 506 g/mol. The molecule has 0 radical (unpaired) electrons. The van der Waals surface area contributed by atoms with Crippen LogP contribution in [-0.4, -0.2) is 26.5 Å². The smallest absolute Gasteiger partial charge is 0.231 e. The Labute approximate surface area is 212 Å². The molecule has 7 nitrogen and oxygen atoms in total. The summed E-state index contributed by atoms with van der Waals surface area (Å²) in [6, 6.07) is 12.0. The fourth-order valence-electron chi connectivity index (χ4n) is 3.78. The maximum atomic E-state index is 6.26. The first kappa shape index (κ1) is 23.4. The van der Waals surface area contributed by atoms with Crippen LogP contribution in [0.4, 0.5) is 0 Å². The Balaban J connectivity index is 1.29. The van der Waals surface area contributed by atoms with Crippen molar-refractivity contribution >= 4 is 23.1 Å².